The molecule has 1 heterocycles. The maximum absolute atomic E-state index is 8.82. The molecule has 0 spiro atoms. The second-order valence-corrected chi connectivity index (χ2v) is 5.03. The van der Waals surface area contributed by atoms with E-state index in [0.717, 1.165) is 11.5 Å². The summed E-state index contributed by atoms with van der Waals surface area (Å²) in [4.78, 5) is 4.13. The summed E-state index contributed by atoms with van der Waals surface area (Å²) in [6, 6.07) is 3.93. The second-order valence-electron chi connectivity index (χ2n) is 3.34. The van der Waals surface area contributed by atoms with E-state index in [1.54, 1.807) is 12.3 Å². The highest BCUT2D eigenvalue weighted by Gasteiger charge is 2.09. The molecule has 5 heteroatoms. The van der Waals surface area contributed by atoms with E-state index in [9.17, 15) is 0 Å². The van der Waals surface area contributed by atoms with Crippen LogP contribution in [-0.4, -0.2) is 22.5 Å². The van der Waals surface area contributed by atoms with Gasteiger partial charge in [0.15, 0.2) is 0 Å². The fraction of sp³-hybridized carbons (Fsp3) is 0.455. The van der Waals surface area contributed by atoms with Crippen molar-refractivity contribution < 1.29 is 0 Å². The molecule has 0 radical (unpaired) electrons. The molecule has 1 N–H and O–H groups in total. The number of rotatable bonds is 5. The molecule has 0 bridgehead atoms. The highest BCUT2D eigenvalue weighted by molar-refractivity contribution is 7.99. The number of halogens is 1. The fourth-order valence-electron chi connectivity index (χ4n) is 1.20. The standard InChI is InChI=1S/C11H14ClN3S/c1-3-16-7-8(2)15-11-10(12)9(6-13)4-5-14-11/h4-5,8H,3,7H2,1-2H3,(H,14,15). The molecule has 1 aromatic heterocycles. The molecule has 0 aliphatic carbocycles. The molecule has 86 valence electrons. The molecule has 0 aliphatic heterocycles. The van der Waals surface area contributed by atoms with Gasteiger partial charge in [0.05, 0.1) is 5.56 Å². The molecular weight excluding hydrogens is 242 g/mol. The van der Waals surface area contributed by atoms with Crippen LogP contribution in [0.3, 0.4) is 0 Å². The van der Waals surface area contributed by atoms with Crippen molar-refractivity contribution in [1.82, 2.24) is 4.98 Å². The first-order valence-corrected chi connectivity index (χ1v) is 6.61. The number of pyridine rings is 1. The SMILES string of the molecule is CCSCC(C)Nc1nccc(C#N)c1Cl. The zero-order chi connectivity index (χ0) is 12.0. The lowest BCUT2D eigenvalue weighted by Crippen LogP contribution is -2.19. The van der Waals surface area contributed by atoms with Gasteiger partial charge in [-0.2, -0.15) is 17.0 Å². The lowest BCUT2D eigenvalue weighted by atomic mass is 10.3. The van der Waals surface area contributed by atoms with E-state index in [2.05, 4.69) is 24.1 Å². The van der Waals surface area contributed by atoms with Gasteiger partial charge in [-0.25, -0.2) is 4.98 Å². The minimum Gasteiger partial charge on any atom is -0.366 e. The Bertz CT molecular complexity index is 389. The number of thioether (sulfide) groups is 1. The van der Waals surface area contributed by atoms with Gasteiger partial charge in [0, 0.05) is 18.0 Å². The Hall–Kier alpha value is -0.920. The molecule has 0 aromatic carbocycles. The van der Waals surface area contributed by atoms with Crippen LogP contribution in [-0.2, 0) is 0 Å². The van der Waals surface area contributed by atoms with Crippen molar-refractivity contribution in [2.75, 3.05) is 16.8 Å². The van der Waals surface area contributed by atoms with E-state index in [0.29, 0.717) is 16.4 Å². The highest BCUT2D eigenvalue weighted by Crippen LogP contribution is 2.23. The van der Waals surface area contributed by atoms with Gasteiger partial charge in [-0.15, -0.1) is 0 Å². The van der Waals surface area contributed by atoms with Gasteiger partial charge >= 0.3 is 0 Å². The number of aromatic nitrogens is 1. The summed E-state index contributed by atoms with van der Waals surface area (Å²) in [7, 11) is 0. The van der Waals surface area contributed by atoms with E-state index in [1.807, 2.05) is 17.8 Å². The van der Waals surface area contributed by atoms with Crippen LogP contribution in [0, 0.1) is 11.3 Å². The third-order valence-electron chi connectivity index (χ3n) is 1.96. The van der Waals surface area contributed by atoms with E-state index in [1.165, 1.54) is 0 Å². The van der Waals surface area contributed by atoms with Crippen molar-refractivity contribution >= 4 is 29.2 Å². The maximum Gasteiger partial charge on any atom is 0.146 e. The summed E-state index contributed by atoms with van der Waals surface area (Å²) in [5.41, 5.74) is 0.453. The molecule has 0 saturated heterocycles. The third-order valence-corrected chi connectivity index (χ3v) is 3.49. The summed E-state index contributed by atoms with van der Waals surface area (Å²) >= 11 is 7.89. The highest BCUT2D eigenvalue weighted by atomic mass is 35.5. The molecule has 0 fully saturated rings. The van der Waals surface area contributed by atoms with E-state index >= 15 is 0 Å². The summed E-state index contributed by atoms with van der Waals surface area (Å²) < 4.78 is 0. The monoisotopic (exact) mass is 255 g/mol. The molecule has 1 atom stereocenters. The Labute approximate surface area is 105 Å². The number of nitrogens with one attached hydrogen (secondary N) is 1. The topological polar surface area (TPSA) is 48.7 Å². The minimum absolute atomic E-state index is 0.281. The van der Waals surface area contributed by atoms with Crippen LogP contribution < -0.4 is 5.32 Å². The Morgan fingerprint density at radius 3 is 3.06 bits per heavy atom. The van der Waals surface area contributed by atoms with Crippen molar-refractivity contribution in [3.63, 3.8) is 0 Å². The Balaban J connectivity index is 2.70. The van der Waals surface area contributed by atoms with Gasteiger partial charge in [0.1, 0.15) is 16.9 Å². The van der Waals surface area contributed by atoms with E-state index in [4.69, 9.17) is 16.9 Å². The van der Waals surface area contributed by atoms with Crippen LogP contribution >= 0.6 is 23.4 Å². The molecule has 1 unspecified atom stereocenters. The zero-order valence-electron chi connectivity index (χ0n) is 9.33. The average molecular weight is 256 g/mol. The Morgan fingerprint density at radius 2 is 2.44 bits per heavy atom. The van der Waals surface area contributed by atoms with E-state index in [-0.39, 0.29) is 6.04 Å². The van der Waals surface area contributed by atoms with Crippen LogP contribution in [0.25, 0.3) is 0 Å². The number of anilines is 1. The van der Waals surface area contributed by atoms with Crippen LogP contribution in [0.15, 0.2) is 12.3 Å². The number of hydrogen-bond donors (Lipinski definition) is 1. The first kappa shape index (κ1) is 13.1. The average Bonchev–Trinajstić information content (AvgIpc) is 2.29. The van der Waals surface area contributed by atoms with Crippen LogP contribution in [0.2, 0.25) is 5.02 Å². The van der Waals surface area contributed by atoms with Crippen molar-refractivity contribution in [3.8, 4) is 6.07 Å². The van der Waals surface area contributed by atoms with Crippen LogP contribution in [0.5, 0.6) is 0 Å². The molecule has 0 saturated carbocycles. The van der Waals surface area contributed by atoms with Crippen molar-refractivity contribution in [2.45, 2.75) is 19.9 Å². The van der Waals surface area contributed by atoms with E-state index < -0.39 is 0 Å². The smallest absolute Gasteiger partial charge is 0.146 e. The molecule has 0 amide bonds. The Kier molecular flexibility index (Phi) is 5.44. The summed E-state index contributed by atoms with van der Waals surface area (Å²) in [6.45, 7) is 4.19. The quantitative estimate of drug-likeness (QED) is 0.878. The first-order valence-electron chi connectivity index (χ1n) is 5.08. The minimum atomic E-state index is 0.281. The van der Waals surface area contributed by atoms with Gasteiger partial charge in [0.25, 0.3) is 0 Å². The van der Waals surface area contributed by atoms with Gasteiger partial charge in [-0.05, 0) is 18.7 Å². The predicted octanol–water partition coefficient (Wildman–Crippen LogP) is 3.16. The van der Waals surface area contributed by atoms with Crippen molar-refractivity contribution in [1.29, 1.82) is 5.26 Å². The predicted molar refractivity (Wildman–Crippen MR) is 70.0 cm³/mol. The molecule has 1 rings (SSSR count). The van der Waals surface area contributed by atoms with Crippen molar-refractivity contribution in [2.24, 2.45) is 0 Å². The Morgan fingerprint density at radius 1 is 1.69 bits per heavy atom. The molecule has 3 nitrogen and oxygen atoms in total. The number of nitriles is 1. The van der Waals surface area contributed by atoms with Crippen molar-refractivity contribution in [3.05, 3.63) is 22.8 Å². The normalized spacial score (nSPS) is 11.9. The van der Waals surface area contributed by atoms with Gasteiger partial charge in [0.2, 0.25) is 0 Å². The molecule has 1 aromatic rings. The van der Waals surface area contributed by atoms with Gasteiger partial charge < -0.3 is 5.32 Å². The maximum atomic E-state index is 8.82. The third kappa shape index (κ3) is 3.58. The summed E-state index contributed by atoms with van der Waals surface area (Å²) in [6.07, 6.45) is 1.59. The lowest BCUT2D eigenvalue weighted by molar-refractivity contribution is 0.902. The van der Waals surface area contributed by atoms with Crippen LogP contribution in [0.1, 0.15) is 19.4 Å². The van der Waals surface area contributed by atoms with Gasteiger partial charge in [-0.1, -0.05) is 18.5 Å². The summed E-state index contributed by atoms with van der Waals surface area (Å²) in [5, 5.41) is 12.4. The first-order chi connectivity index (χ1) is 7.69. The number of nitrogens with zero attached hydrogens (tertiary/aromatic N) is 2. The number of hydrogen-bond acceptors (Lipinski definition) is 4. The molecule has 16 heavy (non-hydrogen) atoms. The molecule has 0 aliphatic rings. The second kappa shape index (κ2) is 6.62. The largest absolute Gasteiger partial charge is 0.366 e. The lowest BCUT2D eigenvalue weighted by Gasteiger charge is -2.14. The van der Waals surface area contributed by atoms with Crippen LogP contribution in [0.4, 0.5) is 5.82 Å². The zero-order valence-corrected chi connectivity index (χ0v) is 10.9. The summed E-state index contributed by atoms with van der Waals surface area (Å²) in [5.74, 6) is 2.67. The fourth-order valence-corrected chi connectivity index (χ4v) is 2.08. The molecular formula is C11H14ClN3S. The van der Waals surface area contributed by atoms with Gasteiger partial charge in [-0.3, -0.25) is 0 Å².